The second-order valence-corrected chi connectivity index (χ2v) is 11.2. The van der Waals surface area contributed by atoms with E-state index in [9.17, 15) is 5.11 Å². The van der Waals surface area contributed by atoms with E-state index in [0.29, 0.717) is 0 Å². The Balaban J connectivity index is 1.41. The van der Waals surface area contributed by atoms with Crippen LogP contribution in [-0.4, -0.2) is 18.3 Å². The van der Waals surface area contributed by atoms with Crippen LogP contribution in [0.1, 0.15) is 0 Å². The van der Waals surface area contributed by atoms with Gasteiger partial charge in [0.1, 0.15) is 12.4 Å². The molecule has 0 spiro atoms. The second-order valence-electron chi connectivity index (χ2n) is 11.2. The molecule has 0 atom stereocenters. The van der Waals surface area contributed by atoms with E-state index in [1.54, 1.807) is 0 Å². The third-order valence-electron chi connectivity index (χ3n) is 8.72. The van der Waals surface area contributed by atoms with Crippen LogP contribution in [0.2, 0.25) is 0 Å². The van der Waals surface area contributed by atoms with Crippen molar-refractivity contribution in [2.75, 3.05) is 13.2 Å². The SMILES string of the molecule is OCCOc1ccc2c(-c3cccc4ccccc34)cccc2c1-c1cccc2c(-c3cccc4ccccc34)cccc12. The molecule has 8 rings (SSSR count). The van der Waals surface area contributed by atoms with Gasteiger partial charge in [-0.2, -0.15) is 0 Å². The summed E-state index contributed by atoms with van der Waals surface area (Å²) in [6.07, 6.45) is 0. The molecule has 2 nitrogen and oxygen atoms in total. The standard InChI is InChI=1S/C42H30O2/c43-26-27-44-41-25-24-38-35(33-17-6-13-29-11-2-4-15-31(29)33)19-8-23-40(38)42(41)39-22-9-20-36-34(18-7-21-37(36)39)32-16-5-12-28-10-1-3-14-30(28)32/h1-25,43H,26-27H2. The molecule has 0 bridgehead atoms. The maximum Gasteiger partial charge on any atom is 0.127 e. The topological polar surface area (TPSA) is 29.5 Å². The number of ether oxygens (including phenoxy) is 1. The lowest BCUT2D eigenvalue weighted by Gasteiger charge is -2.19. The molecule has 0 radical (unpaired) electrons. The molecule has 0 heterocycles. The molecule has 0 aliphatic heterocycles. The first kappa shape index (κ1) is 26.2. The van der Waals surface area contributed by atoms with Gasteiger partial charge in [0.25, 0.3) is 0 Å². The smallest absolute Gasteiger partial charge is 0.127 e. The van der Waals surface area contributed by atoms with E-state index >= 15 is 0 Å². The van der Waals surface area contributed by atoms with Gasteiger partial charge in [-0.05, 0) is 77.0 Å². The molecule has 0 aromatic heterocycles. The Morgan fingerprint density at radius 3 is 1.36 bits per heavy atom. The molecule has 0 saturated heterocycles. The zero-order chi connectivity index (χ0) is 29.5. The minimum absolute atomic E-state index is 0.0473. The van der Waals surface area contributed by atoms with Gasteiger partial charge in [0, 0.05) is 5.56 Å². The van der Waals surface area contributed by atoms with Crippen molar-refractivity contribution < 1.29 is 9.84 Å². The highest BCUT2D eigenvalue weighted by molar-refractivity contribution is 6.15. The zero-order valence-corrected chi connectivity index (χ0v) is 24.2. The fraction of sp³-hybridized carbons (Fsp3) is 0.0476. The summed E-state index contributed by atoms with van der Waals surface area (Å²) in [6, 6.07) is 54.1. The van der Waals surface area contributed by atoms with Gasteiger partial charge in [-0.1, -0.05) is 146 Å². The Bertz CT molecular complexity index is 2320. The molecular weight excluding hydrogens is 536 g/mol. The molecule has 8 aromatic carbocycles. The average molecular weight is 567 g/mol. The summed E-state index contributed by atoms with van der Waals surface area (Å²) in [7, 11) is 0. The van der Waals surface area contributed by atoms with Crippen molar-refractivity contribution in [3.63, 3.8) is 0 Å². The summed E-state index contributed by atoms with van der Waals surface area (Å²) in [4.78, 5) is 0. The third kappa shape index (κ3) is 4.31. The molecular formula is C42H30O2. The van der Waals surface area contributed by atoms with Gasteiger partial charge in [-0.15, -0.1) is 0 Å². The molecule has 8 aromatic rings. The van der Waals surface area contributed by atoms with Crippen LogP contribution in [0.25, 0.3) is 76.5 Å². The lowest BCUT2D eigenvalue weighted by atomic mass is 9.87. The van der Waals surface area contributed by atoms with E-state index in [0.717, 1.165) is 33.0 Å². The van der Waals surface area contributed by atoms with Gasteiger partial charge < -0.3 is 9.84 Å². The number of benzene rings is 8. The van der Waals surface area contributed by atoms with E-state index in [1.165, 1.54) is 49.2 Å². The van der Waals surface area contributed by atoms with Crippen molar-refractivity contribution in [3.05, 3.63) is 152 Å². The zero-order valence-electron chi connectivity index (χ0n) is 24.2. The van der Waals surface area contributed by atoms with Gasteiger partial charge in [-0.25, -0.2) is 0 Å². The van der Waals surface area contributed by atoms with Crippen LogP contribution in [0.3, 0.4) is 0 Å². The van der Waals surface area contributed by atoms with Crippen molar-refractivity contribution >= 4 is 43.1 Å². The third-order valence-corrected chi connectivity index (χ3v) is 8.72. The van der Waals surface area contributed by atoms with E-state index < -0.39 is 0 Å². The normalized spacial score (nSPS) is 11.5. The molecule has 1 N–H and O–H groups in total. The lowest BCUT2D eigenvalue weighted by molar-refractivity contribution is 0.202. The van der Waals surface area contributed by atoms with E-state index in [1.807, 2.05) is 0 Å². The molecule has 0 amide bonds. The van der Waals surface area contributed by atoms with E-state index in [4.69, 9.17) is 4.74 Å². The summed E-state index contributed by atoms with van der Waals surface area (Å²) in [5.74, 6) is 0.768. The maximum atomic E-state index is 9.69. The number of aliphatic hydroxyl groups excluding tert-OH is 1. The van der Waals surface area contributed by atoms with Crippen LogP contribution in [0.15, 0.2) is 152 Å². The van der Waals surface area contributed by atoms with Crippen molar-refractivity contribution in [1.29, 1.82) is 0 Å². The van der Waals surface area contributed by atoms with Crippen LogP contribution >= 0.6 is 0 Å². The first-order chi connectivity index (χ1) is 21.8. The average Bonchev–Trinajstić information content (AvgIpc) is 3.09. The van der Waals surface area contributed by atoms with Crippen LogP contribution in [-0.2, 0) is 0 Å². The van der Waals surface area contributed by atoms with Gasteiger partial charge in [0.2, 0.25) is 0 Å². The van der Waals surface area contributed by atoms with Gasteiger partial charge in [0.15, 0.2) is 0 Å². The lowest BCUT2D eigenvalue weighted by Crippen LogP contribution is -2.03. The number of fused-ring (bicyclic) bond motifs is 4. The highest BCUT2D eigenvalue weighted by Crippen LogP contribution is 2.45. The highest BCUT2D eigenvalue weighted by Gasteiger charge is 2.18. The fourth-order valence-corrected chi connectivity index (χ4v) is 6.81. The first-order valence-electron chi connectivity index (χ1n) is 15.1. The predicted octanol–water partition coefficient (Wildman–Crippen LogP) is 10.7. The summed E-state index contributed by atoms with van der Waals surface area (Å²) < 4.78 is 6.24. The monoisotopic (exact) mass is 566 g/mol. The molecule has 2 heteroatoms. The number of rotatable bonds is 6. The molecule has 0 aliphatic rings. The van der Waals surface area contributed by atoms with Gasteiger partial charge >= 0.3 is 0 Å². The highest BCUT2D eigenvalue weighted by atomic mass is 16.5. The van der Waals surface area contributed by atoms with Crippen LogP contribution in [0.4, 0.5) is 0 Å². The number of aliphatic hydroxyl groups is 1. The number of hydrogen-bond donors (Lipinski definition) is 1. The van der Waals surface area contributed by atoms with Crippen LogP contribution in [0.5, 0.6) is 5.75 Å². The van der Waals surface area contributed by atoms with Crippen LogP contribution in [0, 0.1) is 0 Å². The van der Waals surface area contributed by atoms with Crippen molar-refractivity contribution in [2.45, 2.75) is 0 Å². The Morgan fingerprint density at radius 1 is 0.364 bits per heavy atom. The maximum absolute atomic E-state index is 9.69. The Hall–Kier alpha value is -5.44. The summed E-state index contributed by atoms with van der Waals surface area (Å²) >= 11 is 0. The Labute approximate surface area is 256 Å². The fourth-order valence-electron chi connectivity index (χ4n) is 6.81. The summed E-state index contributed by atoms with van der Waals surface area (Å²) in [5.41, 5.74) is 6.97. The number of hydrogen-bond acceptors (Lipinski definition) is 2. The molecule has 0 aliphatic carbocycles. The first-order valence-corrected chi connectivity index (χ1v) is 15.1. The molecule has 210 valence electrons. The minimum Gasteiger partial charge on any atom is -0.491 e. The van der Waals surface area contributed by atoms with Crippen LogP contribution < -0.4 is 4.74 Å². The molecule has 0 saturated carbocycles. The van der Waals surface area contributed by atoms with Gasteiger partial charge in [-0.3, -0.25) is 0 Å². The van der Waals surface area contributed by atoms with Crippen molar-refractivity contribution in [2.24, 2.45) is 0 Å². The van der Waals surface area contributed by atoms with Gasteiger partial charge in [0.05, 0.1) is 6.61 Å². The van der Waals surface area contributed by atoms with Crippen molar-refractivity contribution in [1.82, 2.24) is 0 Å². The largest absolute Gasteiger partial charge is 0.491 e. The minimum atomic E-state index is -0.0473. The van der Waals surface area contributed by atoms with Crippen molar-refractivity contribution in [3.8, 4) is 39.1 Å². The summed E-state index contributed by atoms with van der Waals surface area (Å²) in [5, 5.41) is 19.3. The predicted molar refractivity (Wildman–Crippen MR) is 185 cm³/mol. The quantitative estimate of drug-likeness (QED) is 0.217. The molecule has 0 unspecified atom stereocenters. The second kappa shape index (κ2) is 11.0. The Morgan fingerprint density at radius 2 is 0.773 bits per heavy atom. The Kier molecular flexibility index (Phi) is 6.55. The van der Waals surface area contributed by atoms with E-state index in [2.05, 4.69) is 152 Å². The molecule has 0 fully saturated rings. The molecule has 44 heavy (non-hydrogen) atoms. The summed E-state index contributed by atoms with van der Waals surface area (Å²) in [6.45, 7) is 0.182. The van der Waals surface area contributed by atoms with E-state index in [-0.39, 0.29) is 13.2 Å².